The third-order valence-electron chi connectivity index (χ3n) is 4.62. The predicted octanol–water partition coefficient (Wildman–Crippen LogP) is 3.05. The molecular formula is C23H20N4O3S2. The van der Waals surface area contributed by atoms with E-state index in [0.717, 1.165) is 30.9 Å². The van der Waals surface area contributed by atoms with Gasteiger partial charge in [0, 0.05) is 0 Å². The SMILES string of the molecule is O=C(Cc1cccc2ccccc12)NCC(=O)NNC(=O)CSc1nc2ccccc2s1. The number of hydrogen-bond donors (Lipinski definition) is 3. The van der Waals surface area contributed by atoms with Crippen LogP contribution in [0.5, 0.6) is 0 Å². The minimum absolute atomic E-state index is 0.119. The molecule has 3 amide bonds. The number of thioether (sulfide) groups is 1. The van der Waals surface area contributed by atoms with Crippen LogP contribution in [-0.2, 0) is 20.8 Å². The first-order valence-electron chi connectivity index (χ1n) is 9.88. The summed E-state index contributed by atoms with van der Waals surface area (Å²) in [5.74, 6) is -1.01. The van der Waals surface area contributed by atoms with Gasteiger partial charge in [-0.3, -0.25) is 25.2 Å². The van der Waals surface area contributed by atoms with Crippen LogP contribution < -0.4 is 16.2 Å². The lowest BCUT2D eigenvalue weighted by Crippen LogP contribution is -2.47. The van der Waals surface area contributed by atoms with Gasteiger partial charge in [0.1, 0.15) is 0 Å². The zero-order chi connectivity index (χ0) is 22.3. The van der Waals surface area contributed by atoms with E-state index in [9.17, 15) is 14.4 Å². The van der Waals surface area contributed by atoms with Gasteiger partial charge in [0.2, 0.25) is 11.8 Å². The molecule has 0 atom stereocenters. The topological polar surface area (TPSA) is 100 Å². The molecule has 0 fully saturated rings. The zero-order valence-electron chi connectivity index (χ0n) is 17.0. The summed E-state index contributed by atoms with van der Waals surface area (Å²) in [7, 11) is 0. The Morgan fingerprint density at radius 1 is 0.844 bits per heavy atom. The van der Waals surface area contributed by atoms with Crippen LogP contribution in [-0.4, -0.2) is 35.0 Å². The lowest BCUT2D eigenvalue weighted by atomic mass is 10.0. The minimum atomic E-state index is -0.505. The normalized spacial score (nSPS) is 10.8. The maximum absolute atomic E-state index is 12.2. The number of nitrogens with zero attached hydrogens (tertiary/aromatic N) is 1. The van der Waals surface area contributed by atoms with Crippen LogP contribution in [0.25, 0.3) is 21.0 Å². The molecule has 4 aromatic rings. The largest absolute Gasteiger partial charge is 0.347 e. The van der Waals surface area contributed by atoms with Crippen molar-refractivity contribution in [1.29, 1.82) is 0 Å². The molecule has 1 heterocycles. The van der Waals surface area contributed by atoms with Crippen LogP contribution in [0.1, 0.15) is 5.56 Å². The number of benzene rings is 3. The number of fused-ring (bicyclic) bond motifs is 2. The Bertz CT molecular complexity index is 1250. The predicted molar refractivity (Wildman–Crippen MR) is 127 cm³/mol. The van der Waals surface area contributed by atoms with E-state index in [4.69, 9.17) is 0 Å². The van der Waals surface area contributed by atoms with E-state index in [-0.39, 0.29) is 30.5 Å². The third-order valence-corrected chi connectivity index (χ3v) is 6.80. The first-order valence-corrected chi connectivity index (χ1v) is 11.7. The highest BCUT2D eigenvalue weighted by atomic mass is 32.2. The molecule has 0 aliphatic heterocycles. The number of para-hydroxylation sites is 1. The molecule has 0 bridgehead atoms. The molecule has 3 N–H and O–H groups in total. The fraction of sp³-hybridized carbons (Fsp3) is 0.130. The van der Waals surface area contributed by atoms with Crippen molar-refractivity contribution < 1.29 is 14.4 Å². The molecule has 9 heteroatoms. The smallest absolute Gasteiger partial charge is 0.257 e. The van der Waals surface area contributed by atoms with Crippen LogP contribution in [0.15, 0.2) is 71.1 Å². The van der Waals surface area contributed by atoms with Crippen molar-refractivity contribution in [3.63, 3.8) is 0 Å². The Morgan fingerprint density at radius 3 is 2.47 bits per heavy atom. The summed E-state index contributed by atoms with van der Waals surface area (Å²) >= 11 is 2.81. The number of rotatable bonds is 7. The van der Waals surface area contributed by atoms with E-state index in [0.29, 0.717) is 0 Å². The van der Waals surface area contributed by atoms with Gasteiger partial charge >= 0.3 is 0 Å². The molecule has 0 aliphatic carbocycles. The summed E-state index contributed by atoms with van der Waals surface area (Å²) < 4.78 is 1.84. The van der Waals surface area contributed by atoms with Gasteiger partial charge in [0.05, 0.1) is 28.9 Å². The molecule has 32 heavy (non-hydrogen) atoms. The highest BCUT2D eigenvalue weighted by Crippen LogP contribution is 2.28. The van der Waals surface area contributed by atoms with Crippen molar-refractivity contribution in [2.24, 2.45) is 0 Å². The molecule has 0 radical (unpaired) electrons. The monoisotopic (exact) mass is 464 g/mol. The Kier molecular flexibility index (Phi) is 6.98. The fourth-order valence-corrected chi connectivity index (χ4v) is 4.99. The molecule has 3 aromatic carbocycles. The highest BCUT2D eigenvalue weighted by Gasteiger charge is 2.11. The number of hydrazine groups is 1. The van der Waals surface area contributed by atoms with Crippen LogP contribution in [0.3, 0.4) is 0 Å². The summed E-state index contributed by atoms with van der Waals surface area (Å²) in [6.07, 6.45) is 0.166. The summed E-state index contributed by atoms with van der Waals surface area (Å²) in [5, 5.41) is 4.64. The third kappa shape index (κ3) is 5.63. The molecule has 0 saturated heterocycles. The van der Waals surface area contributed by atoms with E-state index < -0.39 is 5.91 Å². The standard InChI is InChI=1S/C23H20N4O3S2/c28-20(12-16-8-5-7-15-6-1-2-9-17(15)16)24-13-21(29)26-27-22(30)14-31-23-25-18-10-3-4-11-19(18)32-23/h1-11H,12-14H2,(H,24,28)(H,26,29)(H,27,30). The van der Waals surface area contributed by atoms with Crippen LogP contribution in [0, 0.1) is 0 Å². The minimum Gasteiger partial charge on any atom is -0.347 e. The van der Waals surface area contributed by atoms with Crippen LogP contribution >= 0.6 is 23.1 Å². The van der Waals surface area contributed by atoms with Gasteiger partial charge in [-0.05, 0) is 28.5 Å². The lowest BCUT2D eigenvalue weighted by molar-refractivity contribution is -0.128. The first-order chi connectivity index (χ1) is 15.6. The highest BCUT2D eigenvalue weighted by molar-refractivity contribution is 8.01. The van der Waals surface area contributed by atoms with Gasteiger partial charge in [-0.1, -0.05) is 66.4 Å². The fourth-order valence-electron chi connectivity index (χ4n) is 3.12. The van der Waals surface area contributed by atoms with Crippen molar-refractivity contribution in [2.45, 2.75) is 10.8 Å². The van der Waals surface area contributed by atoms with Gasteiger partial charge in [-0.15, -0.1) is 11.3 Å². The van der Waals surface area contributed by atoms with E-state index in [1.165, 1.54) is 23.1 Å². The van der Waals surface area contributed by atoms with Crippen LogP contribution in [0.2, 0.25) is 0 Å². The molecule has 1 aromatic heterocycles. The van der Waals surface area contributed by atoms with Crippen molar-refractivity contribution >= 4 is 61.8 Å². The Labute approximate surface area is 192 Å². The second-order valence-electron chi connectivity index (χ2n) is 6.92. The van der Waals surface area contributed by atoms with Gasteiger partial charge in [0.15, 0.2) is 4.34 Å². The number of aromatic nitrogens is 1. The maximum Gasteiger partial charge on any atom is 0.257 e. The summed E-state index contributed by atoms with van der Waals surface area (Å²) in [4.78, 5) is 40.6. The van der Waals surface area contributed by atoms with Crippen molar-refractivity contribution in [3.8, 4) is 0 Å². The summed E-state index contributed by atoms with van der Waals surface area (Å²) in [5.41, 5.74) is 6.45. The molecule has 0 spiro atoms. The van der Waals surface area contributed by atoms with E-state index in [1.54, 1.807) is 0 Å². The lowest BCUT2D eigenvalue weighted by Gasteiger charge is -2.09. The molecule has 162 valence electrons. The zero-order valence-corrected chi connectivity index (χ0v) is 18.6. The van der Waals surface area contributed by atoms with Gasteiger partial charge in [-0.2, -0.15) is 0 Å². The number of carbonyl (C=O) groups excluding carboxylic acids is 3. The van der Waals surface area contributed by atoms with Crippen molar-refractivity contribution in [1.82, 2.24) is 21.2 Å². The Hall–Kier alpha value is -3.43. The average molecular weight is 465 g/mol. The average Bonchev–Trinajstić information content (AvgIpc) is 3.23. The quantitative estimate of drug-likeness (QED) is 0.288. The van der Waals surface area contributed by atoms with Crippen molar-refractivity contribution in [2.75, 3.05) is 12.3 Å². The molecule has 0 aliphatic rings. The summed E-state index contributed by atoms with van der Waals surface area (Å²) in [6.45, 7) is -0.227. The second kappa shape index (κ2) is 10.3. The maximum atomic E-state index is 12.2. The Morgan fingerprint density at radius 2 is 1.59 bits per heavy atom. The van der Waals surface area contributed by atoms with Crippen LogP contribution in [0.4, 0.5) is 0 Å². The Balaban J connectivity index is 1.18. The number of nitrogens with one attached hydrogen (secondary N) is 3. The van der Waals surface area contributed by atoms with Crippen molar-refractivity contribution in [3.05, 3.63) is 72.3 Å². The first kappa shape index (κ1) is 21.8. The van der Waals surface area contributed by atoms with Gasteiger partial charge < -0.3 is 5.32 Å². The molecule has 4 rings (SSSR count). The number of carbonyl (C=O) groups is 3. The van der Waals surface area contributed by atoms with E-state index >= 15 is 0 Å². The molecule has 0 unspecified atom stereocenters. The molecular weight excluding hydrogens is 444 g/mol. The van der Waals surface area contributed by atoms with Gasteiger partial charge in [-0.25, -0.2) is 4.98 Å². The number of amides is 3. The molecule has 7 nitrogen and oxygen atoms in total. The molecule has 0 saturated carbocycles. The second-order valence-corrected chi connectivity index (χ2v) is 9.18. The number of thiazole rings is 1. The van der Waals surface area contributed by atoms with E-state index in [1.807, 2.05) is 66.7 Å². The van der Waals surface area contributed by atoms with E-state index in [2.05, 4.69) is 21.2 Å². The summed E-state index contributed by atoms with van der Waals surface area (Å²) in [6, 6.07) is 21.4. The number of hydrogen-bond acceptors (Lipinski definition) is 6. The van der Waals surface area contributed by atoms with Gasteiger partial charge in [0.25, 0.3) is 5.91 Å².